The van der Waals surface area contributed by atoms with Crippen LogP contribution in [-0.2, 0) is 10.0 Å². The van der Waals surface area contributed by atoms with Crippen molar-refractivity contribution in [3.63, 3.8) is 0 Å². The summed E-state index contributed by atoms with van der Waals surface area (Å²) in [4.78, 5) is 4.02. The molecule has 0 amide bonds. The van der Waals surface area contributed by atoms with Crippen molar-refractivity contribution < 1.29 is 13.5 Å². The molecule has 0 saturated carbocycles. The van der Waals surface area contributed by atoms with Crippen LogP contribution in [0.1, 0.15) is 39.2 Å². The normalized spacial score (nSPS) is 12.8. The topological polar surface area (TPSA) is 79.3 Å². The fourth-order valence-electron chi connectivity index (χ4n) is 1.94. The summed E-state index contributed by atoms with van der Waals surface area (Å²) >= 11 is 0. The Balaban J connectivity index is 2.89. The van der Waals surface area contributed by atoms with Gasteiger partial charge >= 0.3 is 0 Å². The van der Waals surface area contributed by atoms with Gasteiger partial charge in [-0.25, -0.2) is 13.1 Å². The van der Waals surface area contributed by atoms with Gasteiger partial charge in [0.1, 0.15) is 4.90 Å². The minimum atomic E-state index is -3.59. The van der Waals surface area contributed by atoms with E-state index in [1.165, 1.54) is 18.5 Å². The van der Waals surface area contributed by atoms with Crippen LogP contribution < -0.4 is 4.72 Å². The highest BCUT2D eigenvalue weighted by Gasteiger charge is 2.18. The number of rotatable bonds is 6. The van der Waals surface area contributed by atoms with Gasteiger partial charge in [-0.05, 0) is 25.3 Å². The molecular weight excluding hydrogens is 288 g/mol. The monoisotopic (exact) mass is 310 g/mol. The van der Waals surface area contributed by atoms with E-state index in [4.69, 9.17) is 5.11 Å². The van der Waals surface area contributed by atoms with Gasteiger partial charge in [-0.3, -0.25) is 4.98 Å². The molecule has 0 aliphatic carbocycles. The summed E-state index contributed by atoms with van der Waals surface area (Å²) in [6, 6.07) is 1.35. The molecule has 0 saturated heterocycles. The maximum absolute atomic E-state index is 12.3. The molecule has 1 rings (SSSR count). The number of sulfonamides is 1. The number of pyridine rings is 1. The van der Waals surface area contributed by atoms with Gasteiger partial charge in [-0.15, -0.1) is 0 Å². The van der Waals surface area contributed by atoms with Crippen LogP contribution in [0.25, 0.3) is 0 Å². The highest BCUT2D eigenvalue weighted by Crippen LogP contribution is 2.12. The van der Waals surface area contributed by atoms with E-state index in [0.29, 0.717) is 17.9 Å². The molecular formula is C15H22N2O3S. The predicted molar refractivity (Wildman–Crippen MR) is 82.1 cm³/mol. The van der Waals surface area contributed by atoms with Gasteiger partial charge in [-0.1, -0.05) is 25.7 Å². The molecule has 0 fully saturated rings. The summed E-state index contributed by atoms with van der Waals surface area (Å²) in [5.41, 5.74) is 0.517. The van der Waals surface area contributed by atoms with Crippen molar-refractivity contribution in [1.29, 1.82) is 0 Å². The van der Waals surface area contributed by atoms with Crippen LogP contribution >= 0.6 is 0 Å². The second kappa shape index (κ2) is 8.13. The molecule has 1 aromatic heterocycles. The fourth-order valence-corrected chi connectivity index (χ4v) is 3.19. The van der Waals surface area contributed by atoms with Crippen LogP contribution in [0.4, 0.5) is 0 Å². The van der Waals surface area contributed by atoms with Crippen LogP contribution in [0.3, 0.4) is 0 Å². The van der Waals surface area contributed by atoms with E-state index in [1.807, 2.05) is 20.8 Å². The molecule has 116 valence electrons. The van der Waals surface area contributed by atoms with Crippen molar-refractivity contribution in [2.45, 2.75) is 44.6 Å². The highest BCUT2D eigenvalue weighted by molar-refractivity contribution is 7.89. The molecule has 6 heteroatoms. The maximum Gasteiger partial charge on any atom is 0.242 e. The molecule has 21 heavy (non-hydrogen) atoms. The lowest BCUT2D eigenvalue weighted by molar-refractivity contribution is 0.305. The summed E-state index contributed by atoms with van der Waals surface area (Å²) in [5, 5.41) is 8.68. The summed E-state index contributed by atoms with van der Waals surface area (Å²) in [7, 11) is -3.59. The lowest BCUT2D eigenvalue weighted by Gasteiger charge is -2.16. The van der Waals surface area contributed by atoms with Gasteiger partial charge in [0.2, 0.25) is 10.0 Å². The first-order valence-electron chi connectivity index (χ1n) is 6.92. The minimum absolute atomic E-state index is 0.0211. The fraction of sp³-hybridized carbons (Fsp3) is 0.533. The van der Waals surface area contributed by atoms with Crippen LogP contribution in [-0.4, -0.2) is 31.2 Å². The van der Waals surface area contributed by atoms with E-state index in [2.05, 4.69) is 21.5 Å². The molecule has 5 nitrogen and oxygen atoms in total. The molecule has 1 aromatic rings. The largest absolute Gasteiger partial charge is 0.395 e. The third-order valence-electron chi connectivity index (χ3n) is 2.67. The van der Waals surface area contributed by atoms with Crippen LogP contribution in [0.15, 0.2) is 23.4 Å². The third kappa shape index (κ3) is 6.25. The van der Waals surface area contributed by atoms with Gasteiger partial charge in [0.15, 0.2) is 0 Å². The van der Waals surface area contributed by atoms with E-state index in [0.717, 1.165) is 6.42 Å². The molecule has 2 N–H and O–H groups in total. The zero-order valence-corrected chi connectivity index (χ0v) is 13.4. The first-order valence-corrected chi connectivity index (χ1v) is 8.40. The van der Waals surface area contributed by atoms with E-state index in [1.54, 1.807) is 0 Å². The Morgan fingerprint density at radius 2 is 2.05 bits per heavy atom. The van der Waals surface area contributed by atoms with E-state index < -0.39 is 10.0 Å². The summed E-state index contributed by atoms with van der Waals surface area (Å²) in [5.74, 6) is 5.93. The molecule has 0 bridgehead atoms. The maximum atomic E-state index is 12.3. The number of hydrogen-bond donors (Lipinski definition) is 2. The average molecular weight is 310 g/mol. The first-order chi connectivity index (χ1) is 9.85. The van der Waals surface area contributed by atoms with Crippen LogP contribution in [0.5, 0.6) is 0 Å². The summed E-state index contributed by atoms with van der Waals surface area (Å²) in [6.45, 7) is 5.91. The molecule has 0 aliphatic rings. The zero-order chi connectivity index (χ0) is 15.9. The number of aromatic nitrogens is 1. The molecule has 0 aliphatic heterocycles. The predicted octanol–water partition coefficient (Wildman–Crippen LogP) is 1.53. The quantitative estimate of drug-likeness (QED) is 0.781. The van der Waals surface area contributed by atoms with E-state index in [-0.39, 0.29) is 17.5 Å². The summed E-state index contributed by atoms with van der Waals surface area (Å²) in [6.07, 6.45) is 3.92. The molecule has 1 heterocycles. The number of hydrogen-bond acceptors (Lipinski definition) is 4. The Kier molecular flexibility index (Phi) is 6.82. The minimum Gasteiger partial charge on any atom is -0.395 e. The van der Waals surface area contributed by atoms with Crippen molar-refractivity contribution >= 4 is 10.0 Å². The van der Waals surface area contributed by atoms with Gasteiger partial charge < -0.3 is 5.11 Å². The average Bonchev–Trinajstić information content (AvgIpc) is 2.37. The van der Waals surface area contributed by atoms with Crippen molar-refractivity contribution in [3.05, 3.63) is 24.0 Å². The molecule has 0 radical (unpaired) electrons. The van der Waals surface area contributed by atoms with Crippen LogP contribution in [0.2, 0.25) is 0 Å². The van der Waals surface area contributed by atoms with Crippen molar-refractivity contribution in [2.75, 3.05) is 6.61 Å². The van der Waals surface area contributed by atoms with Gasteiger partial charge in [-0.2, -0.15) is 0 Å². The van der Waals surface area contributed by atoms with Crippen molar-refractivity contribution in [1.82, 2.24) is 9.71 Å². The second-order valence-electron chi connectivity index (χ2n) is 5.34. The highest BCUT2D eigenvalue weighted by atomic mass is 32.2. The standard InChI is InChI=1S/C15H22N2O3S/c1-12(2)8-13(3)17-21(19,20)15-9-14(10-16-11-15)6-4-5-7-18/h9-13,17-18H,5,7-8H2,1-3H3. The Hall–Kier alpha value is -1.42. The number of nitrogens with one attached hydrogen (secondary N) is 1. The van der Waals surface area contributed by atoms with Gasteiger partial charge in [0.25, 0.3) is 0 Å². The smallest absolute Gasteiger partial charge is 0.242 e. The molecule has 1 unspecified atom stereocenters. The number of aliphatic hydroxyl groups excluding tert-OH is 1. The Bertz CT molecular complexity index is 615. The molecule has 0 aromatic carbocycles. The number of aliphatic hydroxyl groups is 1. The van der Waals surface area contributed by atoms with Gasteiger partial charge in [0.05, 0.1) is 6.61 Å². The SMILES string of the molecule is CC(C)CC(C)NS(=O)(=O)c1cncc(C#CCCO)c1. The lowest BCUT2D eigenvalue weighted by Crippen LogP contribution is -2.33. The molecule has 0 spiro atoms. The second-order valence-corrected chi connectivity index (χ2v) is 7.05. The van der Waals surface area contributed by atoms with Crippen molar-refractivity contribution in [3.8, 4) is 11.8 Å². The van der Waals surface area contributed by atoms with Crippen LogP contribution in [0, 0.1) is 17.8 Å². The van der Waals surface area contributed by atoms with E-state index in [9.17, 15) is 8.42 Å². The third-order valence-corrected chi connectivity index (χ3v) is 4.23. The molecule has 1 atom stereocenters. The Morgan fingerprint density at radius 1 is 1.33 bits per heavy atom. The van der Waals surface area contributed by atoms with Crippen molar-refractivity contribution in [2.24, 2.45) is 5.92 Å². The lowest BCUT2D eigenvalue weighted by atomic mass is 10.1. The van der Waals surface area contributed by atoms with E-state index >= 15 is 0 Å². The Morgan fingerprint density at radius 3 is 2.67 bits per heavy atom. The zero-order valence-electron chi connectivity index (χ0n) is 12.6. The first kappa shape index (κ1) is 17.6. The number of nitrogens with zero attached hydrogens (tertiary/aromatic N) is 1. The Labute approximate surface area is 126 Å². The van der Waals surface area contributed by atoms with Gasteiger partial charge in [0, 0.05) is 30.4 Å². The summed E-state index contributed by atoms with van der Waals surface area (Å²) < 4.78 is 27.2.